The Bertz CT molecular complexity index is 1090. The Balaban J connectivity index is 2.13. The number of halogens is 2. The highest BCUT2D eigenvalue weighted by molar-refractivity contribution is 6.04. The first-order valence-corrected chi connectivity index (χ1v) is 10.2. The Morgan fingerprint density at radius 2 is 1.58 bits per heavy atom. The first kappa shape index (κ1) is 23.8. The van der Waals surface area contributed by atoms with E-state index in [-0.39, 0.29) is 16.8 Å². The fourth-order valence-electron chi connectivity index (χ4n) is 3.88. The van der Waals surface area contributed by atoms with E-state index in [1.165, 1.54) is 25.1 Å². The van der Waals surface area contributed by atoms with Crippen LogP contribution in [-0.4, -0.2) is 35.6 Å². The summed E-state index contributed by atoms with van der Waals surface area (Å²) in [7, 11) is 0. The molecule has 1 saturated carbocycles. The van der Waals surface area contributed by atoms with E-state index in [9.17, 15) is 28.0 Å². The van der Waals surface area contributed by atoms with Crippen LogP contribution in [0.4, 0.5) is 14.5 Å². The molecule has 0 radical (unpaired) electrons. The van der Waals surface area contributed by atoms with Gasteiger partial charge >= 0.3 is 0 Å². The molecule has 174 valence electrons. The van der Waals surface area contributed by atoms with Crippen LogP contribution in [0.15, 0.2) is 42.5 Å². The topological polar surface area (TPSA) is 136 Å². The molecule has 0 spiro atoms. The maximum Gasteiger partial charge on any atom is 0.252 e. The molecular weight excluding hydrogens is 434 g/mol. The van der Waals surface area contributed by atoms with E-state index in [0.717, 1.165) is 4.90 Å². The minimum atomic E-state index is -2.84. The van der Waals surface area contributed by atoms with Gasteiger partial charge in [-0.2, -0.15) is 0 Å². The van der Waals surface area contributed by atoms with Gasteiger partial charge in [-0.1, -0.05) is 24.3 Å². The van der Waals surface area contributed by atoms with Crippen LogP contribution in [0.3, 0.4) is 0 Å². The molecule has 0 heterocycles. The molecule has 10 heteroatoms. The van der Waals surface area contributed by atoms with Crippen molar-refractivity contribution in [3.8, 4) is 0 Å². The van der Waals surface area contributed by atoms with Gasteiger partial charge in [0.2, 0.25) is 23.6 Å². The lowest BCUT2D eigenvalue weighted by atomic mass is 9.87. The monoisotopic (exact) mass is 458 g/mol. The van der Waals surface area contributed by atoms with Gasteiger partial charge in [0.15, 0.2) is 0 Å². The van der Waals surface area contributed by atoms with Crippen LogP contribution >= 0.6 is 0 Å². The number of primary amides is 2. The van der Waals surface area contributed by atoms with Crippen LogP contribution in [0.25, 0.3) is 0 Å². The van der Waals surface area contributed by atoms with E-state index in [2.05, 4.69) is 5.32 Å². The number of benzene rings is 2. The van der Waals surface area contributed by atoms with Gasteiger partial charge in [-0.15, -0.1) is 0 Å². The van der Waals surface area contributed by atoms with Crippen molar-refractivity contribution in [3.63, 3.8) is 0 Å². The summed E-state index contributed by atoms with van der Waals surface area (Å²) in [5.74, 6) is -5.84. The molecule has 0 saturated heterocycles. The molecule has 1 unspecified atom stereocenters. The van der Waals surface area contributed by atoms with E-state index in [4.69, 9.17) is 11.5 Å². The van der Waals surface area contributed by atoms with Crippen molar-refractivity contribution in [1.29, 1.82) is 0 Å². The molecule has 5 N–H and O–H groups in total. The van der Waals surface area contributed by atoms with E-state index in [0.29, 0.717) is 11.1 Å². The SMILES string of the molecule is CC(=O)N(c1cc(C(N)=O)cc(C(N)=O)c1)C(C(=O)NC1CC(F)(F)C1)c1ccccc1C. The zero-order valence-electron chi connectivity index (χ0n) is 18.1. The Kier molecular flexibility index (Phi) is 6.48. The predicted octanol–water partition coefficient (Wildman–Crippen LogP) is 2.20. The molecule has 1 atom stereocenters. The standard InChI is InChI=1S/C23H24F2N4O4/c1-12-5-3-4-6-18(12)19(22(33)28-16-10-23(24,25)11-16)29(13(2)30)17-8-14(20(26)31)7-15(9-17)21(27)32/h3-9,16,19H,10-11H2,1-2H3,(H2,26,31)(H2,27,32)(H,28,33). The summed E-state index contributed by atoms with van der Waals surface area (Å²) in [4.78, 5) is 50.9. The lowest BCUT2D eigenvalue weighted by Crippen LogP contribution is -2.54. The molecule has 33 heavy (non-hydrogen) atoms. The second-order valence-electron chi connectivity index (χ2n) is 8.11. The van der Waals surface area contributed by atoms with Crippen molar-refractivity contribution < 1.29 is 28.0 Å². The van der Waals surface area contributed by atoms with Crippen LogP contribution < -0.4 is 21.7 Å². The largest absolute Gasteiger partial charge is 0.366 e. The lowest BCUT2D eigenvalue weighted by molar-refractivity contribution is -0.132. The molecule has 1 fully saturated rings. The fraction of sp³-hybridized carbons (Fsp3) is 0.304. The van der Waals surface area contributed by atoms with Crippen molar-refractivity contribution in [3.05, 3.63) is 64.7 Å². The van der Waals surface area contributed by atoms with E-state index in [1.54, 1.807) is 31.2 Å². The highest BCUT2D eigenvalue weighted by Crippen LogP contribution is 2.38. The van der Waals surface area contributed by atoms with Gasteiger partial charge in [-0.3, -0.25) is 24.1 Å². The highest BCUT2D eigenvalue weighted by atomic mass is 19.3. The Labute approximate surface area is 188 Å². The van der Waals surface area contributed by atoms with Crippen molar-refractivity contribution in [2.45, 2.75) is 44.7 Å². The number of anilines is 1. The number of nitrogens with two attached hydrogens (primary N) is 2. The smallest absolute Gasteiger partial charge is 0.252 e. The third kappa shape index (κ3) is 5.16. The molecule has 1 aliphatic carbocycles. The first-order chi connectivity index (χ1) is 15.4. The lowest BCUT2D eigenvalue weighted by Gasteiger charge is -2.38. The molecule has 2 aromatic carbocycles. The summed E-state index contributed by atoms with van der Waals surface area (Å²) in [5.41, 5.74) is 11.7. The molecule has 4 amide bonds. The number of carbonyl (C=O) groups excluding carboxylic acids is 4. The minimum Gasteiger partial charge on any atom is -0.366 e. The summed E-state index contributed by atoms with van der Waals surface area (Å²) in [6, 6.07) is 8.51. The van der Waals surface area contributed by atoms with Gasteiger partial charge in [0.25, 0.3) is 5.92 Å². The zero-order valence-corrected chi connectivity index (χ0v) is 18.1. The molecule has 2 aromatic rings. The van der Waals surface area contributed by atoms with E-state index < -0.39 is 54.5 Å². The second-order valence-corrected chi connectivity index (χ2v) is 8.11. The molecule has 0 aliphatic heterocycles. The molecular formula is C23H24F2N4O4. The number of aryl methyl sites for hydroxylation is 1. The third-order valence-corrected chi connectivity index (χ3v) is 5.53. The van der Waals surface area contributed by atoms with Crippen LogP contribution in [0.2, 0.25) is 0 Å². The van der Waals surface area contributed by atoms with Gasteiger partial charge in [0.1, 0.15) is 6.04 Å². The summed E-state index contributed by atoms with van der Waals surface area (Å²) in [6.07, 6.45) is -0.995. The number of hydrogen-bond donors (Lipinski definition) is 3. The number of carbonyl (C=O) groups is 4. The van der Waals surface area contributed by atoms with Crippen LogP contribution in [0.1, 0.15) is 57.7 Å². The number of alkyl halides is 2. The average Bonchev–Trinajstić information content (AvgIpc) is 2.70. The van der Waals surface area contributed by atoms with E-state index in [1.807, 2.05) is 0 Å². The van der Waals surface area contributed by atoms with Crippen molar-refractivity contribution in [2.75, 3.05) is 4.90 Å². The third-order valence-electron chi connectivity index (χ3n) is 5.53. The molecule has 0 bridgehead atoms. The van der Waals surface area contributed by atoms with E-state index >= 15 is 0 Å². The van der Waals surface area contributed by atoms with Crippen molar-refractivity contribution >= 4 is 29.3 Å². The minimum absolute atomic E-state index is 0.0370. The quantitative estimate of drug-likeness (QED) is 0.586. The van der Waals surface area contributed by atoms with Gasteiger partial charge in [-0.25, -0.2) is 8.78 Å². The maximum atomic E-state index is 13.3. The van der Waals surface area contributed by atoms with Gasteiger partial charge in [-0.05, 0) is 36.2 Å². The first-order valence-electron chi connectivity index (χ1n) is 10.2. The number of rotatable bonds is 7. The predicted molar refractivity (Wildman–Crippen MR) is 117 cm³/mol. The number of nitrogens with one attached hydrogen (secondary N) is 1. The highest BCUT2D eigenvalue weighted by Gasteiger charge is 2.47. The zero-order chi connectivity index (χ0) is 24.5. The van der Waals surface area contributed by atoms with Crippen LogP contribution in [0.5, 0.6) is 0 Å². The number of nitrogens with zero attached hydrogens (tertiary/aromatic N) is 1. The van der Waals surface area contributed by atoms with Gasteiger partial charge in [0.05, 0.1) is 0 Å². The Hall–Kier alpha value is -3.82. The van der Waals surface area contributed by atoms with Gasteiger partial charge < -0.3 is 16.8 Å². The number of hydrogen-bond acceptors (Lipinski definition) is 4. The van der Waals surface area contributed by atoms with Crippen molar-refractivity contribution in [1.82, 2.24) is 5.32 Å². The Morgan fingerprint density at radius 1 is 1.03 bits per heavy atom. The summed E-state index contributed by atoms with van der Waals surface area (Å²) < 4.78 is 26.6. The molecule has 8 nitrogen and oxygen atoms in total. The summed E-state index contributed by atoms with van der Waals surface area (Å²) in [6.45, 7) is 2.94. The summed E-state index contributed by atoms with van der Waals surface area (Å²) in [5, 5.41) is 2.58. The maximum absolute atomic E-state index is 13.3. The normalized spacial score (nSPS) is 15.8. The molecule has 1 aliphatic rings. The van der Waals surface area contributed by atoms with Crippen LogP contribution in [0, 0.1) is 6.92 Å². The number of amides is 4. The second kappa shape index (κ2) is 8.97. The average molecular weight is 458 g/mol. The van der Waals surface area contributed by atoms with Gasteiger partial charge in [0, 0.05) is 42.6 Å². The fourth-order valence-corrected chi connectivity index (χ4v) is 3.88. The van der Waals surface area contributed by atoms with Crippen LogP contribution in [-0.2, 0) is 9.59 Å². The summed E-state index contributed by atoms with van der Waals surface area (Å²) >= 11 is 0. The molecule has 0 aromatic heterocycles. The van der Waals surface area contributed by atoms with Crippen molar-refractivity contribution in [2.24, 2.45) is 11.5 Å². The Morgan fingerprint density at radius 3 is 2.03 bits per heavy atom. The molecule has 3 rings (SSSR count).